The van der Waals surface area contributed by atoms with Crippen LogP contribution in [0.4, 0.5) is 0 Å². The molecule has 3 aromatic carbocycles. The highest BCUT2D eigenvalue weighted by Crippen LogP contribution is 2.25. The number of para-hydroxylation sites is 1. The summed E-state index contributed by atoms with van der Waals surface area (Å²) in [6.45, 7) is -2.33. The number of pyridine rings is 1. The van der Waals surface area contributed by atoms with Crippen LogP contribution in [-0.2, 0) is 0 Å². The number of rotatable bonds is 5. The summed E-state index contributed by atoms with van der Waals surface area (Å²) in [4.78, 5) is 4.23. The molecule has 0 saturated heterocycles. The van der Waals surface area contributed by atoms with Gasteiger partial charge in [0.25, 0.3) is 0 Å². The van der Waals surface area contributed by atoms with Crippen LogP contribution in [0.15, 0.2) is 84.9 Å². The van der Waals surface area contributed by atoms with E-state index in [1.165, 1.54) is 6.07 Å². The Morgan fingerprint density at radius 1 is 0.846 bits per heavy atom. The van der Waals surface area contributed by atoms with Gasteiger partial charge in [-0.2, -0.15) is 0 Å². The maximum Gasteiger partial charge on any atom is 0.881 e. The predicted octanol–water partition coefficient (Wildman–Crippen LogP) is 5.20. The number of nitrogens with zero attached hydrogens (tertiary/aromatic N) is 1. The molecule has 3 nitrogen and oxygen atoms in total. The molecule has 0 atom stereocenters. The second-order valence-electron chi connectivity index (χ2n) is 5.66. The van der Waals surface area contributed by atoms with Gasteiger partial charge in [0.2, 0.25) is 0 Å². The van der Waals surface area contributed by atoms with Crippen molar-refractivity contribution >= 4 is 26.8 Å². The SMILES string of the molecule is [2H]c1ccc([O][Al][O]c2ccc(-c3ccccc3)cc2)c2nc(C([2H])([2H])[2H])ccc12. The summed E-state index contributed by atoms with van der Waals surface area (Å²) in [5.41, 5.74) is 2.55. The van der Waals surface area contributed by atoms with E-state index in [1.54, 1.807) is 18.2 Å². The zero-order valence-corrected chi connectivity index (χ0v) is 15.0. The van der Waals surface area contributed by atoms with Crippen molar-refractivity contribution in [3.05, 3.63) is 90.6 Å². The molecule has 0 bridgehead atoms. The summed E-state index contributed by atoms with van der Waals surface area (Å²) in [5, 5.41) is 0.534. The Bertz CT molecular complexity index is 1170. The fraction of sp³-hybridized carbons (Fsp3) is 0.0455. The number of hydrogen-bond acceptors (Lipinski definition) is 3. The first kappa shape index (κ1) is 12.5. The van der Waals surface area contributed by atoms with Crippen molar-refractivity contribution in [2.24, 2.45) is 0 Å². The van der Waals surface area contributed by atoms with Crippen LogP contribution in [-0.4, -0.2) is 20.9 Å². The molecule has 0 N–H and O–H groups in total. The van der Waals surface area contributed by atoms with Gasteiger partial charge in [0.05, 0.1) is 7.12 Å². The summed E-state index contributed by atoms with van der Waals surface area (Å²) >= 11 is -0.899. The molecule has 0 aliphatic heterocycles. The molecule has 1 radical (unpaired) electrons. The number of aromatic nitrogens is 1. The molecular formula is C22H17AlNO2. The summed E-state index contributed by atoms with van der Waals surface area (Å²) in [5.74, 6) is 1.09. The number of benzene rings is 3. The van der Waals surface area contributed by atoms with E-state index in [0.29, 0.717) is 22.4 Å². The van der Waals surface area contributed by atoms with E-state index >= 15 is 0 Å². The third-order valence-electron chi connectivity index (χ3n) is 3.92. The Hall–Kier alpha value is -2.80. The zero-order chi connectivity index (χ0) is 21.1. The van der Waals surface area contributed by atoms with E-state index < -0.39 is 22.7 Å². The van der Waals surface area contributed by atoms with Gasteiger partial charge in [-0.1, -0.05) is 60.6 Å². The molecule has 0 saturated carbocycles. The topological polar surface area (TPSA) is 31.4 Å². The van der Waals surface area contributed by atoms with Crippen molar-refractivity contribution in [3.63, 3.8) is 0 Å². The van der Waals surface area contributed by atoms with Crippen LogP contribution in [0.3, 0.4) is 0 Å². The molecule has 0 fully saturated rings. The molecule has 4 heteroatoms. The third-order valence-corrected chi connectivity index (χ3v) is 4.64. The molecule has 4 rings (SSSR count). The molecule has 0 spiro atoms. The summed E-state index contributed by atoms with van der Waals surface area (Å²) in [7, 11) is 0. The summed E-state index contributed by atoms with van der Waals surface area (Å²) < 4.78 is 42.3. The molecule has 0 unspecified atom stereocenters. The first-order valence-electron chi connectivity index (χ1n) is 10.1. The molecule has 1 heterocycles. The second-order valence-corrected chi connectivity index (χ2v) is 6.32. The highest BCUT2D eigenvalue weighted by atomic mass is 27.2. The molecule has 125 valence electrons. The smallest absolute Gasteiger partial charge is 0.616 e. The highest BCUT2D eigenvalue weighted by molar-refractivity contribution is 6.21. The van der Waals surface area contributed by atoms with E-state index in [2.05, 4.69) is 4.98 Å². The lowest BCUT2D eigenvalue weighted by molar-refractivity contribution is 0.461. The number of hydrogen-bond donors (Lipinski definition) is 0. The fourth-order valence-corrected chi connectivity index (χ4v) is 3.24. The second kappa shape index (κ2) is 7.62. The van der Waals surface area contributed by atoms with Crippen molar-refractivity contribution in [2.75, 3.05) is 0 Å². The van der Waals surface area contributed by atoms with Gasteiger partial charge in [0.1, 0.15) is 11.3 Å². The summed E-state index contributed by atoms with van der Waals surface area (Å²) in [6, 6.07) is 24.3. The van der Waals surface area contributed by atoms with Crippen molar-refractivity contribution < 1.29 is 13.1 Å². The van der Waals surface area contributed by atoms with E-state index in [-0.39, 0.29) is 11.7 Å². The molecule has 26 heavy (non-hydrogen) atoms. The normalized spacial score (nSPS) is 13.2. The van der Waals surface area contributed by atoms with Gasteiger partial charge in [0, 0.05) is 15.2 Å². The Kier molecular flexibility index (Phi) is 3.67. The molecule has 0 aliphatic carbocycles. The number of fused-ring (bicyclic) bond motifs is 1. The predicted molar refractivity (Wildman–Crippen MR) is 105 cm³/mol. The monoisotopic (exact) mass is 358 g/mol. The Morgan fingerprint density at radius 2 is 1.65 bits per heavy atom. The highest BCUT2D eigenvalue weighted by Gasteiger charge is 2.10. The minimum Gasteiger partial charge on any atom is -0.616 e. The van der Waals surface area contributed by atoms with Crippen LogP contribution >= 0.6 is 0 Å². The van der Waals surface area contributed by atoms with E-state index in [4.69, 9.17) is 13.1 Å². The summed E-state index contributed by atoms with van der Waals surface area (Å²) in [6.07, 6.45) is 0. The van der Waals surface area contributed by atoms with Gasteiger partial charge < -0.3 is 7.58 Å². The first-order valence-corrected chi connectivity index (χ1v) is 9.07. The zero-order valence-electron chi connectivity index (χ0n) is 17.8. The Morgan fingerprint density at radius 3 is 2.46 bits per heavy atom. The quantitative estimate of drug-likeness (QED) is 0.459. The molecule has 1 aromatic heterocycles. The minimum absolute atomic E-state index is 0.0298. The maximum atomic E-state index is 8.03. The van der Waals surface area contributed by atoms with Crippen LogP contribution in [0.2, 0.25) is 0 Å². The van der Waals surface area contributed by atoms with Crippen molar-refractivity contribution in [2.45, 2.75) is 6.85 Å². The molecular weight excluding hydrogens is 337 g/mol. The van der Waals surface area contributed by atoms with Gasteiger partial charge in [-0.3, -0.25) is 0 Å². The maximum absolute atomic E-state index is 8.03. The lowest BCUT2D eigenvalue weighted by Gasteiger charge is -2.11. The Balaban J connectivity index is 1.49. The molecule has 4 aromatic rings. The van der Waals surface area contributed by atoms with Gasteiger partial charge in [-0.15, -0.1) is 0 Å². The van der Waals surface area contributed by atoms with Crippen molar-refractivity contribution in [1.29, 1.82) is 0 Å². The Labute approximate surface area is 165 Å². The van der Waals surface area contributed by atoms with E-state index in [1.807, 2.05) is 54.6 Å². The van der Waals surface area contributed by atoms with Gasteiger partial charge in [-0.25, -0.2) is 4.98 Å². The average Bonchev–Trinajstić information content (AvgIpc) is 2.75. The van der Waals surface area contributed by atoms with Gasteiger partial charge >= 0.3 is 15.9 Å². The largest absolute Gasteiger partial charge is 0.881 e. The van der Waals surface area contributed by atoms with E-state index in [0.717, 1.165) is 11.1 Å². The van der Waals surface area contributed by atoms with Crippen LogP contribution in [0.1, 0.15) is 11.2 Å². The van der Waals surface area contributed by atoms with Gasteiger partial charge in [-0.05, 0) is 42.2 Å². The number of aryl methyl sites for hydroxylation is 1. The molecule has 0 aliphatic rings. The average molecular weight is 358 g/mol. The van der Waals surface area contributed by atoms with Crippen molar-refractivity contribution in [3.8, 4) is 22.6 Å². The van der Waals surface area contributed by atoms with Crippen LogP contribution in [0.5, 0.6) is 11.5 Å². The lowest BCUT2D eigenvalue weighted by Crippen LogP contribution is -2.11. The van der Waals surface area contributed by atoms with E-state index in [9.17, 15) is 0 Å². The fourth-order valence-electron chi connectivity index (χ4n) is 2.63. The third kappa shape index (κ3) is 3.72. The van der Waals surface area contributed by atoms with Crippen LogP contribution in [0, 0.1) is 6.85 Å². The minimum atomic E-state index is -2.33. The van der Waals surface area contributed by atoms with Crippen LogP contribution in [0.25, 0.3) is 22.0 Å². The molecule has 0 amide bonds. The van der Waals surface area contributed by atoms with Crippen LogP contribution < -0.4 is 7.58 Å². The first-order chi connectivity index (χ1) is 14.4. The van der Waals surface area contributed by atoms with Gasteiger partial charge in [0.15, 0.2) is 0 Å². The lowest BCUT2D eigenvalue weighted by atomic mass is 10.1. The standard InChI is InChI=1S/C12H10O.C10H9NO.Al/c13-12-8-6-11(7-9-12)10-4-2-1-3-5-10;1-7-5-6-8-3-2-4-9(12)10(8)11-7;/h1-9,13H;2-6,12H,1H3;/q;;+2/p-2/i;1D3,3D;. The van der Waals surface area contributed by atoms with Crippen molar-refractivity contribution in [1.82, 2.24) is 4.98 Å².